The molecule has 5 nitrogen and oxygen atoms in total. The normalized spacial score (nSPS) is 16.1. The van der Waals surface area contributed by atoms with E-state index in [9.17, 15) is 0 Å². The molecular formula is C15H25N3O2. The third-order valence-electron chi connectivity index (χ3n) is 3.43. The predicted octanol–water partition coefficient (Wildman–Crippen LogP) is 3.03. The first kappa shape index (κ1) is 15.0. The Kier molecular flexibility index (Phi) is 6.57. The van der Waals surface area contributed by atoms with Crippen LogP contribution in [-0.2, 0) is 4.74 Å². The molecule has 1 aromatic heterocycles. The van der Waals surface area contributed by atoms with Gasteiger partial charge in [-0.2, -0.15) is 4.98 Å². The molecule has 20 heavy (non-hydrogen) atoms. The van der Waals surface area contributed by atoms with E-state index in [4.69, 9.17) is 9.47 Å². The van der Waals surface area contributed by atoms with Gasteiger partial charge >= 0.3 is 0 Å². The summed E-state index contributed by atoms with van der Waals surface area (Å²) < 4.78 is 11.2. The maximum Gasteiger partial charge on any atom is 0.225 e. The Morgan fingerprint density at radius 1 is 1.30 bits per heavy atom. The monoisotopic (exact) mass is 279 g/mol. The molecule has 0 atom stereocenters. The average Bonchev–Trinajstić information content (AvgIpc) is 2.49. The lowest BCUT2D eigenvalue weighted by atomic mass is 9.98. The summed E-state index contributed by atoms with van der Waals surface area (Å²) in [6.07, 6.45) is 9.63. The molecule has 1 aromatic rings. The third kappa shape index (κ3) is 5.33. The molecule has 0 spiro atoms. The van der Waals surface area contributed by atoms with Crippen LogP contribution in [0.15, 0.2) is 12.3 Å². The van der Waals surface area contributed by atoms with Crippen LogP contribution in [0.4, 0.5) is 5.95 Å². The lowest BCUT2D eigenvalue weighted by molar-refractivity contribution is 0.0284. The van der Waals surface area contributed by atoms with Gasteiger partial charge in [-0.1, -0.05) is 19.3 Å². The second-order valence-electron chi connectivity index (χ2n) is 5.06. The largest absolute Gasteiger partial charge is 0.478 e. The van der Waals surface area contributed by atoms with Crippen LogP contribution in [0.3, 0.4) is 0 Å². The highest BCUT2D eigenvalue weighted by Gasteiger charge is 2.12. The van der Waals surface area contributed by atoms with Crippen molar-refractivity contribution >= 4 is 5.95 Å². The SMILES string of the molecule is CCOc1ccnc(NCCCOC2CCCCC2)n1. The van der Waals surface area contributed by atoms with Gasteiger partial charge in [-0.15, -0.1) is 0 Å². The third-order valence-corrected chi connectivity index (χ3v) is 3.43. The van der Waals surface area contributed by atoms with Gasteiger partial charge in [0.25, 0.3) is 0 Å². The predicted molar refractivity (Wildman–Crippen MR) is 79.1 cm³/mol. The van der Waals surface area contributed by atoms with Gasteiger partial charge in [-0.3, -0.25) is 0 Å². The van der Waals surface area contributed by atoms with Crippen LogP contribution in [0.2, 0.25) is 0 Å². The molecule has 1 heterocycles. The molecule has 0 aliphatic heterocycles. The van der Waals surface area contributed by atoms with E-state index in [1.165, 1.54) is 32.1 Å². The number of aromatic nitrogens is 2. The molecule has 0 aromatic carbocycles. The van der Waals surface area contributed by atoms with Crippen LogP contribution < -0.4 is 10.1 Å². The summed E-state index contributed by atoms with van der Waals surface area (Å²) in [6, 6.07) is 1.76. The van der Waals surface area contributed by atoms with Crippen LogP contribution in [-0.4, -0.2) is 35.8 Å². The number of nitrogens with one attached hydrogen (secondary N) is 1. The molecule has 1 N–H and O–H groups in total. The van der Waals surface area contributed by atoms with E-state index in [0.717, 1.165) is 19.6 Å². The van der Waals surface area contributed by atoms with Gasteiger partial charge in [-0.25, -0.2) is 4.98 Å². The maximum absolute atomic E-state index is 5.88. The van der Waals surface area contributed by atoms with Gasteiger partial charge in [-0.05, 0) is 26.2 Å². The molecule has 1 aliphatic rings. The smallest absolute Gasteiger partial charge is 0.225 e. The summed E-state index contributed by atoms with van der Waals surface area (Å²) in [7, 11) is 0. The molecule has 0 amide bonds. The van der Waals surface area contributed by atoms with Crippen molar-refractivity contribution in [3.05, 3.63) is 12.3 Å². The molecule has 1 aliphatic carbocycles. The molecule has 1 saturated carbocycles. The van der Waals surface area contributed by atoms with E-state index >= 15 is 0 Å². The number of nitrogens with zero attached hydrogens (tertiary/aromatic N) is 2. The second kappa shape index (κ2) is 8.74. The van der Waals surface area contributed by atoms with Crippen molar-refractivity contribution < 1.29 is 9.47 Å². The molecule has 0 unspecified atom stereocenters. The first-order valence-electron chi connectivity index (χ1n) is 7.70. The minimum atomic E-state index is 0.487. The summed E-state index contributed by atoms with van der Waals surface area (Å²) in [6.45, 7) is 4.19. The van der Waals surface area contributed by atoms with Crippen LogP contribution in [0.25, 0.3) is 0 Å². The van der Waals surface area contributed by atoms with E-state index in [1.54, 1.807) is 12.3 Å². The fraction of sp³-hybridized carbons (Fsp3) is 0.733. The number of hydrogen-bond donors (Lipinski definition) is 1. The Bertz CT molecular complexity index is 381. The Balaban J connectivity index is 1.59. The molecular weight excluding hydrogens is 254 g/mol. The van der Waals surface area contributed by atoms with Gasteiger partial charge in [0.05, 0.1) is 12.7 Å². The number of rotatable bonds is 8. The summed E-state index contributed by atoms with van der Waals surface area (Å²) in [4.78, 5) is 8.43. The van der Waals surface area contributed by atoms with Crippen LogP contribution in [0, 0.1) is 0 Å². The highest BCUT2D eigenvalue weighted by Crippen LogP contribution is 2.20. The van der Waals surface area contributed by atoms with Gasteiger partial charge in [0.2, 0.25) is 11.8 Å². The molecule has 0 radical (unpaired) electrons. The minimum Gasteiger partial charge on any atom is -0.478 e. The number of ether oxygens (including phenoxy) is 2. The summed E-state index contributed by atoms with van der Waals surface area (Å²) >= 11 is 0. The van der Waals surface area contributed by atoms with Gasteiger partial charge in [0.1, 0.15) is 0 Å². The summed E-state index contributed by atoms with van der Waals surface area (Å²) in [5.74, 6) is 1.23. The van der Waals surface area contributed by atoms with Gasteiger partial charge in [0, 0.05) is 25.4 Å². The Labute approximate surface area is 121 Å². The summed E-state index contributed by atoms with van der Waals surface area (Å²) in [5.41, 5.74) is 0. The van der Waals surface area contributed by atoms with Crippen molar-refractivity contribution in [2.75, 3.05) is 25.1 Å². The standard InChI is InChI=1S/C15H25N3O2/c1-2-19-14-9-11-17-15(18-14)16-10-6-12-20-13-7-4-3-5-8-13/h9,11,13H,2-8,10,12H2,1H3,(H,16,17,18). The fourth-order valence-electron chi connectivity index (χ4n) is 2.41. The molecule has 2 rings (SSSR count). The second-order valence-corrected chi connectivity index (χ2v) is 5.06. The zero-order valence-electron chi connectivity index (χ0n) is 12.3. The van der Waals surface area contributed by atoms with Crippen molar-refractivity contribution in [2.45, 2.75) is 51.6 Å². The zero-order chi connectivity index (χ0) is 14.0. The molecule has 1 fully saturated rings. The van der Waals surface area contributed by atoms with Crippen molar-refractivity contribution in [3.63, 3.8) is 0 Å². The Morgan fingerprint density at radius 2 is 2.15 bits per heavy atom. The van der Waals surface area contributed by atoms with Crippen molar-refractivity contribution in [2.24, 2.45) is 0 Å². The maximum atomic E-state index is 5.88. The minimum absolute atomic E-state index is 0.487. The molecule has 0 saturated heterocycles. The first-order chi connectivity index (χ1) is 9.88. The van der Waals surface area contributed by atoms with Gasteiger partial charge in [0.15, 0.2) is 0 Å². The van der Waals surface area contributed by atoms with Crippen molar-refractivity contribution in [3.8, 4) is 5.88 Å². The van der Waals surface area contributed by atoms with E-state index in [1.807, 2.05) is 6.92 Å². The number of hydrogen-bond acceptors (Lipinski definition) is 5. The summed E-state index contributed by atoms with van der Waals surface area (Å²) in [5, 5.41) is 3.20. The van der Waals surface area contributed by atoms with Crippen LogP contribution in [0.1, 0.15) is 45.4 Å². The van der Waals surface area contributed by atoms with Crippen LogP contribution in [0.5, 0.6) is 5.88 Å². The fourth-order valence-corrected chi connectivity index (χ4v) is 2.41. The van der Waals surface area contributed by atoms with Gasteiger partial charge < -0.3 is 14.8 Å². The lowest BCUT2D eigenvalue weighted by Gasteiger charge is -2.21. The van der Waals surface area contributed by atoms with E-state index in [0.29, 0.717) is 24.5 Å². The highest BCUT2D eigenvalue weighted by atomic mass is 16.5. The highest BCUT2D eigenvalue weighted by molar-refractivity contribution is 5.27. The molecule has 112 valence electrons. The van der Waals surface area contributed by atoms with Crippen LogP contribution >= 0.6 is 0 Å². The van der Waals surface area contributed by atoms with E-state index in [2.05, 4.69) is 15.3 Å². The average molecular weight is 279 g/mol. The first-order valence-corrected chi connectivity index (χ1v) is 7.70. The lowest BCUT2D eigenvalue weighted by Crippen LogP contribution is -2.18. The Hall–Kier alpha value is -1.36. The topological polar surface area (TPSA) is 56.3 Å². The van der Waals surface area contributed by atoms with E-state index in [-0.39, 0.29) is 0 Å². The Morgan fingerprint density at radius 3 is 2.95 bits per heavy atom. The van der Waals surface area contributed by atoms with Crippen molar-refractivity contribution in [1.29, 1.82) is 0 Å². The zero-order valence-corrected chi connectivity index (χ0v) is 12.3. The molecule has 5 heteroatoms. The molecule has 0 bridgehead atoms. The number of anilines is 1. The van der Waals surface area contributed by atoms with E-state index < -0.39 is 0 Å². The van der Waals surface area contributed by atoms with Crippen molar-refractivity contribution in [1.82, 2.24) is 9.97 Å². The quantitative estimate of drug-likeness (QED) is 0.741.